The summed E-state index contributed by atoms with van der Waals surface area (Å²) in [5.41, 5.74) is 6.08. The van der Waals surface area contributed by atoms with E-state index < -0.39 is 0 Å². The van der Waals surface area contributed by atoms with Crippen LogP contribution in [-0.2, 0) is 13.0 Å². The van der Waals surface area contributed by atoms with Gasteiger partial charge in [-0.05, 0) is 115 Å². The van der Waals surface area contributed by atoms with Crippen LogP contribution >= 0.6 is 11.9 Å². The van der Waals surface area contributed by atoms with Gasteiger partial charge in [-0.1, -0.05) is 102 Å². The van der Waals surface area contributed by atoms with Crippen LogP contribution in [0.25, 0.3) is 0 Å². The topological polar surface area (TPSA) is 3.24 Å². The summed E-state index contributed by atoms with van der Waals surface area (Å²) < 4.78 is 2.69. The van der Waals surface area contributed by atoms with Gasteiger partial charge in [0.05, 0.1) is 0 Å². The van der Waals surface area contributed by atoms with Gasteiger partial charge in [-0.15, -0.1) is 0 Å². The summed E-state index contributed by atoms with van der Waals surface area (Å²) in [4.78, 5) is 0. The van der Waals surface area contributed by atoms with Crippen molar-refractivity contribution in [1.82, 2.24) is 4.31 Å². The maximum atomic E-state index is 2.80. The molecule has 1 aromatic carbocycles. The van der Waals surface area contributed by atoms with Gasteiger partial charge in [-0.2, -0.15) is 0 Å². The van der Waals surface area contributed by atoms with E-state index in [1.54, 1.807) is 11.1 Å². The summed E-state index contributed by atoms with van der Waals surface area (Å²) in [6.07, 6.45) is 20.0. The van der Waals surface area contributed by atoms with Crippen LogP contribution in [0.1, 0.15) is 116 Å². The molecule has 0 bridgehead atoms. The van der Waals surface area contributed by atoms with E-state index in [-0.39, 0.29) is 0 Å². The van der Waals surface area contributed by atoms with Gasteiger partial charge in [0, 0.05) is 18.3 Å². The minimum Gasteiger partial charge on any atom is -0.246 e. The highest BCUT2D eigenvalue weighted by Crippen LogP contribution is 2.67. The van der Waals surface area contributed by atoms with Gasteiger partial charge in [0.1, 0.15) is 0 Å². The van der Waals surface area contributed by atoms with Crippen molar-refractivity contribution >= 4 is 11.9 Å². The Kier molecular flexibility index (Phi) is 7.89. The van der Waals surface area contributed by atoms with Gasteiger partial charge in [0.2, 0.25) is 0 Å². The highest BCUT2D eigenvalue weighted by Gasteiger charge is 2.59. The zero-order chi connectivity index (χ0) is 26.5. The van der Waals surface area contributed by atoms with Gasteiger partial charge in [-0.25, -0.2) is 4.31 Å². The van der Waals surface area contributed by atoms with Crippen LogP contribution in [0.3, 0.4) is 0 Å². The second-order valence-electron chi connectivity index (χ2n) is 15.1. The second-order valence-corrected chi connectivity index (χ2v) is 16.5. The molecule has 210 valence electrons. The summed E-state index contributed by atoms with van der Waals surface area (Å²) in [5.74, 6) is 5.63. The summed E-state index contributed by atoms with van der Waals surface area (Å²) in [6.45, 7) is 15.2. The van der Waals surface area contributed by atoms with Crippen LogP contribution in [-0.4, -0.2) is 16.1 Å². The Hall–Kier alpha value is -0.730. The fourth-order valence-corrected chi connectivity index (χ4v) is 11.8. The van der Waals surface area contributed by atoms with Crippen molar-refractivity contribution in [1.29, 1.82) is 0 Å². The molecule has 1 aromatic rings. The van der Waals surface area contributed by atoms with E-state index in [4.69, 9.17) is 0 Å². The third-order valence-electron chi connectivity index (χ3n) is 12.7. The van der Waals surface area contributed by atoms with Gasteiger partial charge < -0.3 is 0 Å². The first-order chi connectivity index (χ1) is 18.3. The first-order valence-electron chi connectivity index (χ1n) is 16.5. The molecular formula is C36H55NS. The summed E-state index contributed by atoms with van der Waals surface area (Å²) >= 11 is 2.21. The molecule has 4 aliphatic carbocycles. The van der Waals surface area contributed by atoms with Crippen LogP contribution in [0.15, 0.2) is 35.9 Å². The predicted molar refractivity (Wildman–Crippen MR) is 165 cm³/mol. The van der Waals surface area contributed by atoms with Crippen LogP contribution in [0.5, 0.6) is 0 Å². The number of nitrogens with zero attached hydrogens (tertiary/aromatic N) is 1. The van der Waals surface area contributed by atoms with Crippen molar-refractivity contribution in [3.63, 3.8) is 0 Å². The Balaban J connectivity index is 1.10. The lowest BCUT2D eigenvalue weighted by atomic mass is 9.47. The molecular weight excluding hydrogens is 478 g/mol. The molecule has 0 radical (unpaired) electrons. The fraction of sp³-hybridized carbons (Fsp3) is 0.778. The molecule has 38 heavy (non-hydrogen) atoms. The minimum atomic E-state index is 0.483. The van der Waals surface area contributed by atoms with E-state index in [0.717, 1.165) is 47.3 Å². The number of benzene rings is 1. The SMILES string of the molecule is CC(C)CCC[C@@H](C)[C@H]1CC[C@H]2[C@@H]3CC=C4CC(SN5CCc6ccccc6C5)CC[C@]4(C)[C@H]3CC[C@]12C. The number of rotatable bonds is 7. The molecule has 2 heteroatoms. The van der Waals surface area contributed by atoms with Crippen molar-refractivity contribution in [3.05, 3.63) is 47.0 Å². The first-order valence-corrected chi connectivity index (χ1v) is 17.3. The molecule has 1 heterocycles. The number of allylic oxidation sites excluding steroid dienone is 2. The molecule has 3 saturated carbocycles. The van der Waals surface area contributed by atoms with Crippen molar-refractivity contribution in [2.45, 2.75) is 123 Å². The highest BCUT2D eigenvalue weighted by atomic mass is 32.2. The highest BCUT2D eigenvalue weighted by molar-refractivity contribution is 7.97. The Labute approximate surface area is 239 Å². The van der Waals surface area contributed by atoms with Crippen LogP contribution in [0, 0.1) is 46.3 Å². The van der Waals surface area contributed by atoms with Gasteiger partial charge >= 0.3 is 0 Å². The Morgan fingerprint density at radius 1 is 0.947 bits per heavy atom. The van der Waals surface area contributed by atoms with E-state index >= 15 is 0 Å². The molecule has 5 aliphatic rings. The molecule has 1 unspecified atom stereocenters. The average molecular weight is 534 g/mol. The molecule has 0 amide bonds. The smallest absolute Gasteiger partial charge is 0.0343 e. The predicted octanol–water partition coefficient (Wildman–Crippen LogP) is 10.1. The van der Waals surface area contributed by atoms with E-state index in [1.165, 1.54) is 83.6 Å². The first kappa shape index (κ1) is 27.4. The molecule has 1 aliphatic heterocycles. The van der Waals surface area contributed by atoms with Crippen molar-refractivity contribution < 1.29 is 0 Å². The molecule has 0 spiro atoms. The van der Waals surface area contributed by atoms with Crippen molar-refractivity contribution in [2.75, 3.05) is 6.54 Å². The average Bonchev–Trinajstić information content (AvgIpc) is 3.26. The minimum absolute atomic E-state index is 0.483. The molecule has 1 nitrogen and oxygen atoms in total. The van der Waals surface area contributed by atoms with E-state index in [0.29, 0.717) is 10.8 Å². The molecule has 0 saturated heterocycles. The third kappa shape index (κ3) is 4.97. The molecule has 6 rings (SSSR count). The Morgan fingerprint density at radius 2 is 1.76 bits per heavy atom. The standard InChI is InChI=1S/C36H55NS/c1-25(2)9-8-10-26(3)32-15-16-33-31-14-13-29-23-30(17-20-35(29,4)34(31)18-21-36(32,33)5)38-37-22-19-27-11-6-7-12-28(27)24-37/h6-7,11-13,25-26,30-34H,8-10,14-24H2,1-5H3/t26-,30?,31+,32-,33+,34+,35+,36-/m1/s1. The van der Waals surface area contributed by atoms with Crippen LogP contribution in [0.4, 0.5) is 0 Å². The van der Waals surface area contributed by atoms with Gasteiger partial charge in [0.25, 0.3) is 0 Å². The fourth-order valence-electron chi connectivity index (χ4n) is 10.5. The maximum Gasteiger partial charge on any atom is 0.0343 e. The second kappa shape index (κ2) is 10.9. The summed E-state index contributed by atoms with van der Waals surface area (Å²) in [5, 5.41) is 0.785. The largest absolute Gasteiger partial charge is 0.246 e. The van der Waals surface area contributed by atoms with Crippen molar-refractivity contribution in [3.8, 4) is 0 Å². The molecule has 3 fully saturated rings. The Morgan fingerprint density at radius 3 is 2.58 bits per heavy atom. The van der Waals surface area contributed by atoms with Gasteiger partial charge in [0.15, 0.2) is 0 Å². The number of hydrogen-bond acceptors (Lipinski definition) is 2. The zero-order valence-electron chi connectivity index (χ0n) is 25.2. The lowest BCUT2D eigenvalue weighted by molar-refractivity contribution is -0.0497. The normalized spacial score (nSPS) is 39.6. The van der Waals surface area contributed by atoms with E-state index in [9.17, 15) is 0 Å². The lowest BCUT2D eigenvalue weighted by Crippen LogP contribution is -2.50. The number of hydrogen-bond donors (Lipinski definition) is 0. The van der Waals surface area contributed by atoms with Gasteiger partial charge in [-0.3, -0.25) is 0 Å². The summed E-state index contributed by atoms with van der Waals surface area (Å²) in [6, 6.07) is 9.11. The molecule has 0 N–H and O–H groups in total. The monoisotopic (exact) mass is 533 g/mol. The molecule has 8 atom stereocenters. The maximum absolute atomic E-state index is 2.80. The zero-order valence-corrected chi connectivity index (χ0v) is 26.0. The van der Waals surface area contributed by atoms with E-state index in [2.05, 4.69) is 81.2 Å². The molecule has 0 aromatic heterocycles. The lowest BCUT2D eigenvalue weighted by Gasteiger charge is -2.58. The van der Waals surface area contributed by atoms with Crippen LogP contribution < -0.4 is 0 Å². The third-order valence-corrected chi connectivity index (χ3v) is 14.0. The van der Waals surface area contributed by atoms with E-state index in [1.807, 2.05) is 5.57 Å². The number of fused-ring (bicyclic) bond motifs is 6. The summed E-state index contributed by atoms with van der Waals surface area (Å²) in [7, 11) is 0. The Bertz CT molecular complexity index is 1010. The van der Waals surface area contributed by atoms with Crippen LogP contribution in [0.2, 0.25) is 0 Å². The van der Waals surface area contributed by atoms with Crippen molar-refractivity contribution in [2.24, 2.45) is 46.3 Å². The quantitative estimate of drug-likeness (QED) is 0.253.